The second-order valence-electron chi connectivity index (χ2n) is 7.30. The number of phenolic OH excluding ortho intramolecular Hbond substituents is 1. The van der Waals surface area contributed by atoms with Crippen LogP contribution in [0.1, 0.15) is 49.3 Å². The topological polar surface area (TPSA) is 127 Å². The summed E-state index contributed by atoms with van der Waals surface area (Å²) in [7, 11) is -4.53. The van der Waals surface area contributed by atoms with Gasteiger partial charge in [0.2, 0.25) is 0 Å². The zero-order valence-corrected chi connectivity index (χ0v) is 21.2. The minimum Gasteiger partial charge on any atom is -0.748 e. The van der Waals surface area contributed by atoms with Crippen LogP contribution < -0.4 is 34.3 Å². The van der Waals surface area contributed by atoms with Gasteiger partial charge in [0.1, 0.15) is 18.1 Å². The van der Waals surface area contributed by atoms with Crippen LogP contribution in [0.15, 0.2) is 60.7 Å². The number of aromatic hydroxyl groups is 1. The van der Waals surface area contributed by atoms with Crippen molar-refractivity contribution in [3.05, 3.63) is 71.8 Å². The summed E-state index contributed by atoms with van der Waals surface area (Å²) in [6.45, 7) is 2.03. The van der Waals surface area contributed by atoms with Gasteiger partial charge in [0.05, 0.1) is 28.1 Å². The molecule has 170 valence electrons. The van der Waals surface area contributed by atoms with Crippen molar-refractivity contribution in [2.75, 3.05) is 13.2 Å². The smallest absolute Gasteiger partial charge is 0.748 e. The van der Waals surface area contributed by atoms with Crippen LogP contribution in [-0.2, 0) is 10.1 Å². The van der Waals surface area contributed by atoms with Crippen LogP contribution in [0.5, 0.6) is 11.5 Å². The Bertz CT molecular complexity index is 928. The molecule has 0 heterocycles. The van der Waals surface area contributed by atoms with Crippen molar-refractivity contribution in [1.29, 1.82) is 0 Å². The Hall–Kier alpha value is -1.39. The van der Waals surface area contributed by atoms with E-state index in [9.17, 15) is 23.2 Å². The SMILES string of the molecule is CCC(CC(CC=CC(O)c1ccc(O)cc1)S(=O)(=O)[O-])c1ccc(OCCO)cc1.[Na+]. The van der Waals surface area contributed by atoms with Gasteiger partial charge in [-0.2, -0.15) is 0 Å². The summed E-state index contributed by atoms with van der Waals surface area (Å²) >= 11 is 0. The third-order valence-corrected chi connectivity index (χ3v) is 6.31. The molecule has 7 nitrogen and oxygen atoms in total. The number of phenols is 1. The molecule has 0 radical (unpaired) electrons. The Kier molecular flexibility index (Phi) is 12.5. The molecule has 9 heteroatoms. The molecule has 0 saturated carbocycles. The number of allylic oxidation sites excluding steroid dienone is 1. The van der Waals surface area contributed by atoms with Crippen molar-refractivity contribution >= 4 is 10.1 Å². The summed E-state index contributed by atoms with van der Waals surface area (Å²) in [6.07, 6.45) is 2.80. The van der Waals surface area contributed by atoms with Gasteiger partial charge in [0, 0.05) is 0 Å². The first-order valence-electron chi connectivity index (χ1n) is 10.2. The molecule has 0 aliphatic carbocycles. The maximum Gasteiger partial charge on any atom is 1.00 e. The van der Waals surface area contributed by atoms with Crippen molar-refractivity contribution < 1.29 is 62.6 Å². The number of benzene rings is 2. The molecular formula is C23H29NaO7S. The molecule has 0 aliphatic rings. The van der Waals surface area contributed by atoms with Crippen LogP contribution in [0, 0.1) is 0 Å². The molecule has 2 aromatic rings. The Morgan fingerprint density at radius 2 is 1.66 bits per heavy atom. The van der Waals surface area contributed by atoms with E-state index in [0.29, 0.717) is 17.7 Å². The quantitative estimate of drug-likeness (QED) is 0.230. The maximum absolute atomic E-state index is 11.8. The van der Waals surface area contributed by atoms with Gasteiger partial charge in [-0.15, -0.1) is 0 Å². The Balaban J connectivity index is 0.00000512. The second-order valence-corrected chi connectivity index (χ2v) is 8.95. The number of hydrogen-bond donors (Lipinski definition) is 3. The Morgan fingerprint density at radius 3 is 2.19 bits per heavy atom. The summed E-state index contributed by atoms with van der Waals surface area (Å²) in [5, 5.41) is 27.2. The van der Waals surface area contributed by atoms with E-state index in [4.69, 9.17) is 9.84 Å². The van der Waals surface area contributed by atoms with Gasteiger partial charge in [0.25, 0.3) is 0 Å². The standard InChI is InChI=1S/C23H30O7S.Na/c1-2-17(18-8-12-21(13-9-18)30-15-14-24)16-22(31(27,28)29)4-3-5-23(26)19-6-10-20(25)11-7-19;/h3,5-13,17,22-26H,2,4,14-16H2,1H3,(H,27,28,29);/q;+1/p-1. The number of hydrogen-bond acceptors (Lipinski definition) is 7. The average Bonchev–Trinajstić information content (AvgIpc) is 2.74. The van der Waals surface area contributed by atoms with Crippen molar-refractivity contribution in [3.63, 3.8) is 0 Å². The summed E-state index contributed by atoms with van der Waals surface area (Å²) in [5.74, 6) is 0.555. The van der Waals surface area contributed by atoms with E-state index in [1.54, 1.807) is 24.3 Å². The van der Waals surface area contributed by atoms with E-state index in [2.05, 4.69) is 0 Å². The molecule has 0 spiro atoms. The molecule has 0 amide bonds. The van der Waals surface area contributed by atoms with E-state index in [1.165, 1.54) is 24.3 Å². The molecule has 0 aromatic heterocycles. The van der Waals surface area contributed by atoms with Gasteiger partial charge in [-0.25, -0.2) is 8.42 Å². The fourth-order valence-electron chi connectivity index (χ4n) is 3.33. The van der Waals surface area contributed by atoms with Crippen LogP contribution in [0.3, 0.4) is 0 Å². The van der Waals surface area contributed by atoms with Crippen LogP contribution in [0.2, 0.25) is 0 Å². The molecule has 0 saturated heterocycles. The Labute approximate surface area is 211 Å². The number of rotatable bonds is 12. The molecule has 2 aromatic carbocycles. The summed E-state index contributed by atoms with van der Waals surface area (Å²) < 4.78 is 40.9. The first-order valence-corrected chi connectivity index (χ1v) is 11.6. The largest absolute Gasteiger partial charge is 1.00 e. The zero-order chi connectivity index (χ0) is 22.9. The van der Waals surface area contributed by atoms with Gasteiger partial charge in [-0.1, -0.05) is 43.3 Å². The van der Waals surface area contributed by atoms with Crippen molar-refractivity contribution in [1.82, 2.24) is 0 Å². The van der Waals surface area contributed by atoms with Gasteiger partial charge in [0.15, 0.2) is 0 Å². The minimum absolute atomic E-state index is 0. The first-order chi connectivity index (χ1) is 14.7. The van der Waals surface area contributed by atoms with Gasteiger partial charge >= 0.3 is 29.6 Å². The summed E-state index contributed by atoms with van der Waals surface area (Å²) in [4.78, 5) is 0. The van der Waals surface area contributed by atoms with Crippen LogP contribution >= 0.6 is 0 Å². The summed E-state index contributed by atoms with van der Waals surface area (Å²) in [5.41, 5.74) is 1.45. The molecule has 0 aliphatic heterocycles. The predicted molar refractivity (Wildman–Crippen MR) is 117 cm³/mol. The zero-order valence-electron chi connectivity index (χ0n) is 18.4. The Morgan fingerprint density at radius 1 is 1.06 bits per heavy atom. The second kappa shape index (κ2) is 14.0. The van der Waals surface area contributed by atoms with Crippen molar-refractivity contribution in [3.8, 4) is 11.5 Å². The number of ether oxygens (including phenoxy) is 1. The fourth-order valence-corrected chi connectivity index (χ4v) is 4.14. The monoisotopic (exact) mass is 472 g/mol. The maximum atomic E-state index is 11.8. The molecule has 0 fully saturated rings. The third-order valence-electron chi connectivity index (χ3n) is 5.11. The molecule has 3 atom stereocenters. The van der Waals surface area contributed by atoms with Gasteiger partial charge in [-0.3, -0.25) is 0 Å². The normalized spacial score (nSPS) is 14.5. The fraction of sp³-hybridized carbons (Fsp3) is 0.391. The van der Waals surface area contributed by atoms with Crippen LogP contribution in [0.25, 0.3) is 0 Å². The van der Waals surface area contributed by atoms with E-state index >= 15 is 0 Å². The molecule has 2 rings (SSSR count). The van der Waals surface area contributed by atoms with E-state index < -0.39 is 21.5 Å². The molecule has 0 bridgehead atoms. The van der Waals surface area contributed by atoms with E-state index in [-0.39, 0.29) is 67.3 Å². The summed E-state index contributed by atoms with van der Waals surface area (Å²) in [6, 6.07) is 13.2. The third kappa shape index (κ3) is 9.23. The molecule has 32 heavy (non-hydrogen) atoms. The van der Waals surface area contributed by atoms with Crippen LogP contribution in [0.4, 0.5) is 0 Å². The predicted octanol–water partition coefficient (Wildman–Crippen LogP) is 0.245. The van der Waals surface area contributed by atoms with Crippen LogP contribution in [-0.4, -0.2) is 46.8 Å². The number of aliphatic hydroxyl groups is 2. The molecular weight excluding hydrogens is 443 g/mol. The van der Waals surface area contributed by atoms with Crippen molar-refractivity contribution in [2.24, 2.45) is 0 Å². The first kappa shape index (κ1) is 28.6. The average molecular weight is 473 g/mol. The minimum atomic E-state index is -4.53. The number of aliphatic hydroxyl groups excluding tert-OH is 2. The van der Waals surface area contributed by atoms with Gasteiger partial charge < -0.3 is 24.6 Å². The van der Waals surface area contributed by atoms with E-state index in [0.717, 1.165) is 5.56 Å². The van der Waals surface area contributed by atoms with Gasteiger partial charge in [-0.05, 0) is 60.6 Å². The molecule has 3 unspecified atom stereocenters. The molecule has 3 N–H and O–H groups in total. The van der Waals surface area contributed by atoms with Crippen molar-refractivity contribution in [2.45, 2.75) is 43.5 Å². The van der Waals surface area contributed by atoms with E-state index in [1.807, 2.05) is 19.1 Å².